The molecule has 2 aliphatic rings. The average molecular weight is 477 g/mol. The van der Waals surface area contributed by atoms with Crippen molar-refractivity contribution in [2.45, 2.75) is 19.4 Å². The molecule has 0 bridgehead atoms. The maximum absolute atomic E-state index is 14.4. The summed E-state index contributed by atoms with van der Waals surface area (Å²) in [4.78, 5) is 27.9. The molecule has 1 fully saturated rings. The van der Waals surface area contributed by atoms with Crippen molar-refractivity contribution in [1.82, 2.24) is 10.2 Å². The molecule has 0 spiro atoms. The third kappa shape index (κ3) is 4.74. The molecule has 5 rings (SSSR count). The van der Waals surface area contributed by atoms with Gasteiger partial charge < -0.3 is 20.9 Å². The minimum absolute atomic E-state index is 0.0726. The first-order chi connectivity index (χ1) is 17.0. The van der Waals surface area contributed by atoms with Gasteiger partial charge in [0.1, 0.15) is 0 Å². The van der Waals surface area contributed by atoms with Crippen LogP contribution in [0.5, 0.6) is 0 Å². The minimum atomic E-state index is -0.972. The Balaban J connectivity index is 1.31. The van der Waals surface area contributed by atoms with E-state index < -0.39 is 11.6 Å². The zero-order chi connectivity index (χ0) is 24.4. The number of hydrogen-bond donors (Lipinski definition) is 3. The SMILES string of the molecule is O=C(Nc1ccc(-c2cccc(F)c2F)c2c1C(=O)NC2)c1ccc(NCCN2CCCC2)cc1. The number of fused-ring (bicyclic) bond motifs is 1. The van der Waals surface area contributed by atoms with Crippen molar-refractivity contribution in [2.24, 2.45) is 0 Å². The number of rotatable bonds is 7. The van der Waals surface area contributed by atoms with Crippen molar-refractivity contribution in [3.63, 3.8) is 0 Å². The number of nitrogens with zero attached hydrogens (tertiary/aromatic N) is 1. The lowest BCUT2D eigenvalue weighted by Gasteiger charge is -2.15. The highest BCUT2D eigenvalue weighted by atomic mass is 19.2. The van der Waals surface area contributed by atoms with Crippen LogP contribution in [0.1, 0.15) is 39.1 Å². The molecule has 0 radical (unpaired) electrons. The van der Waals surface area contributed by atoms with Gasteiger partial charge in [-0.25, -0.2) is 8.78 Å². The standard InChI is InChI=1S/C27H26F2N4O2/c28-22-5-3-4-20(25(22)29)19-10-11-23(24-21(19)16-31-27(24)35)32-26(34)17-6-8-18(9-7-17)30-12-15-33-13-1-2-14-33/h3-11,30H,1-2,12-16H2,(H,31,35)(H,32,34). The summed E-state index contributed by atoms with van der Waals surface area (Å²) in [7, 11) is 0. The van der Waals surface area contributed by atoms with E-state index in [-0.39, 0.29) is 29.5 Å². The first-order valence-corrected chi connectivity index (χ1v) is 11.8. The van der Waals surface area contributed by atoms with Gasteiger partial charge in [0.15, 0.2) is 11.6 Å². The molecule has 0 saturated carbocycles. The summed E-state index contributed by atoms with van der Waals surface area (Å²) in [5.41, 5.74) is 2.98. The number of likely N-dealkylation sites (tertiary alicyclic amines) is 1. The number of carbonyl (C=O) groups excluding carboxylic acids is 2. The lowest BCUT2D eigenvalue weighted by atomic mass is 9.95. The third-order valence-corrected chi connectivity index (χ3v) is 6.56. The number of amides is 2. The molecule has 2 aliphatic heterocycles. The van der Waals surface area contributed by atoms with Crippen LogP contribution in [0.15, 0.2) is 54.6 Å². The van der Waals surface area contributed by atoms with Crippen molar-refractivity contribution in [3.8, 4) is 11.1 Å². The van der Waals surface area contributed by atoms with Gasteiger partial charge >= 0.3 is 0 Å². The Bertz CT molecular complexity index is 1270. The molecule has 1 saturated heterocycles. The third-order valence-electron chi connectivity index (χ3n) is 6.56. The van der Waals surface area contributed by atoms with E-state index in [1.54, 1.807) is 24.3 Å². The Morgan fingerprint density at radius 1 is 0.971 bits per heavy atom. The van der Waals surface area contributed by atoms with E-state index in [1.807, 2.05) is 12.1 Å². The molecule has 8 heteroatoms. The summed E-state index contributed by atoms with van der Waals surface area (Å²) in [6.07, 6.45) is 2.53. The van der Waals surface area contributed by atoms with E-state index in [9.17, 15) is 18.4 Å². The first-order valence-electron chi connectivity index (χ1n) is 11.8. The van der Waals surface area contributed by atoms with Gasteiger partial charge in [0.25, 0.3) is 11.8 Å². The fraction of sp³-hybridized carbons (Fsp3) is 0.259. The van der Waals surface area contributed by atoms with Crippen LogP contribution in [0.2, 0.25) is 0 Å². The number of hydrogen-bond acceptors (Lipinski definition) is 4. The molecule has 2 amide bonds. The molecular formula is C27H26F2N4O2. The first kappa shape index (κ1) is 23.0. The van der Waals surface area contributed by atoms with Crippen LogP contribution in [0.4, 0.5) is 20.2 Å². The van der Waals surface area contributed by atoms with Gasteiger partial charge in [-0.15, -0.1) is 0 Å². The van der Waals surface area contributed by atoms with E-state index in [2.05, 4.69) is 20.9 Å². The lowest BCUT2D eigenvalue weighted by Crippen LogP contribution is -2.25. The summed E-state index contributed by atoms with van der Waals surface area (Å²) < 4.78 is 28.2. The topological polar surface area (TPSA) is 73.5 Å². The zero-order valence-electron chi connectivity index (χ0n) is 19.2. The predicted molar refractivity (Wildman–Crippen MR) is 132 cm³/mol. The second-order valence-corrected chi connectivity index (χ2v) is 8.81. The average Bonchev–Trinajstić information content (AvgIpc) is 3.52. The highest BCUT2D eigenvalue weighted by Crippen LogP contribution is 2.35. The molecule has 0 atom stereocenters. The molecule has 3 aromatic rings. The van der Waals surface area contributed by atoms with Crippen LogP contribution < -0.4 is 16.0 Å². The highest BCUT2D eigenvalue weighted by molar-refractivity contribution is 6.11. The van der Waals surface area contributed by atoms with E-state index in [4.69, 9.17) is 0 Å². The van der Waals surface area contributed by atoms with Crippen LogP contribution in [0.25, 0.3) is 11.1 Å². The second kappa shape index (κ2) is 9.84. The van der Waals surface area contributed by atoms with E-state index >= 15 is 0 Å². The van der Waals surface area contributed by atoms with E-state index in [0.29, 0.717) is 22.4 Å². The zero-order valence-corrected chi connectivity index (χ0v) is 19.2. The van der Waals surface area contributed by atoms with Gasteiger partial charge in [-0.1, -0.05) is 18.2 Å². The Kier molecular flexibility index (Phi) is 6.46. The molecule has 0 aliphatic carbocycles. The minimum Gasteiger partial charge on any atom is -0.384 e. The van der Waals surface area contributed by atoms with Crippen molar-refractivity contribution in [2.75, 3.05) is 36.8 Å². The van der Waals surface area contributed by atoms with Crippen LogP contribution in [0, 0.1) is 11.6 Å². The maximum Gasteiger partial charge on any atom is 0.255 e. The molecule has 3 aromatic carbocycles. The largest absolute Gasteiger partial charge is 0.384 e. The number of carbonyl (C=O) groups is 2. The quantitative estimate of drug-likeness (QED) is 0.465. The number of benzene rings is 3. The Morgan fingerprint density at radius 3 is 2.51 bits per heavy atom. The fourth-order valence-corrected chi connectivity index (χ4v) is 4.71. The van der Waals surface area contributed by atoms with E-state index in [1.165, 1.54) is 25.0 Å². The fourth-order valence-electron chi connectivity index (χ4n) is 4.71. The van der Waals surface area contributed by atoms with Gasteiger partial charge in [-0.2, -0.15) is 0 Å². The smallest absolute Gasteiger partial charge is 0.255 e. The summed E-state index contributed by atoms with van der Waals surface area (Å²) >= 11 is 0. The molecular weight excluding hydrogens is 450 g/mol. The van der Waals surface area contributed by atoms with Gasteiger partial charge in [0, 0.05) is 36.4 Å². The van der Waals surface area contributed by atoms with Gasteiger partial charge in [-0.3, -0.25) is 9.59 Å². The summed E-state index contributed by atoms with van der Waals surface area (Å²) in [6, 6.07) is 14.2. The van der Waals surface area contributed by atoms with Crippen molar-refractivity contribution >= 4 is 23.2 Å². The molecule has 0 aromatic heterocycles. The summed E-state index contributed by atoms with van der Waals surface area (Å²) in [6.45, 7) is 4.30. The molecule has 2 heterocycles. The molecule has 180 valence electrons. The summed E-state index contributed by atoms with van der Waals surface area (Å²) in [5, 5.41) is 8.88. The van der Waals surface area contributed by atoms with Crippen molar-refractivity contribution < 1.29 is 18.4 Å². The molecule has 35 heavy (non-hydrogen) atoms. The normalized spacial score (nSPS) is 15.1. The molecule has 6 nitrogen and oxygen atoms in total. The summed E-state index contributed by atoms with van der Waals surface area (Å²) in [5.74, 6) is -2.66. The lowest BCUT2D eigenvalue weighted by molar-refractivity contribution is 0.0966. The highest BCUT2D eigenvalue weighted by Gasteiger charge is 2.28. The number of anilines is 2. The van der Waals surface area contributed by atoms with Gasteiger partial charge in [-0.05, 0) is 73.5 Å². The van der Waals surface area contributed by atoms with E-state index in [0.717, 1.165) is 37.9 Å². The van der Waals surface area contributed by atoms with Crippen molar-refractivity contribution in [1.29, 1.82) is 0 Å². The molecule has 3 N–H and O–H groups in total. The monoisotopic (exact) mass is 476 g/mol. The van der Waals surface area contributed by atoms with Gasteiger partial charge in [0.05, 0.1) is 11.3 Å². The number of halogens is 2. The van der Waals surface area contributed by atoms with Crippen LogP contribution in [-0.4, -0.2) is 42.9 Å². The Labute approximate surface area is 202 Å². The maximum atomic E-state index is 14.4. The Hall–Kier alpha value is -3.78. The second-order valence-electron chi connectivity index (χ2n) is 8.81. The Morgan fingerprint density at radius 2 is 1.74 bits per heavy atom. The predicted octanol–water partition coefficient (Wildman–Crippen LogP) is 4.64. The molecule has 0 unspecified atom stereocenters. The van der Waals surface area contributed by atoms with Gasteiger partial charge in [0.2, 0.25) is 0 Å². The van der Waals surface area contributed by atoms with Crippen molar-refractivity contribution in [3.05, 3.63) is 82.9 Å². The van der Waals surface area contributed by atoms with Crippen LogP contribution >= 0.6 is 0 Å². The van der Waals surface area contributed by atoms with Crippen LogP contribution in [0.3, 0.4) is 0 Å². The van der Waals surface area contributed by atoms with Crippen LogP contribution in [-0.2, 0) is 6.54 Å². The number of nitrogens with one attached hydrogen (secondary N) is 3.